The number of carbonyl (C=O) groups excluding carboxylic acids is 2. The molecule has 10 heteroatoms. The maximum Gasteiger partial charge on any atom is 0.253 e. The van der Waals surface area contributed by atoms with Gasteiger partial charge in [0.2, 0.25) is 0 Å². The molecule has 0 radical (unpaired) electrons. The van der Waals surface area contributed by atoms with Gasteiger partial charge < -0.3 is 14.7 Å². The molecule has 1 aliphatic rings. The Labute approximate surface area is 224 Å². The second-order valence-electron chi connectivity index (χ2n) is 10.3. The van der Waals surface area contributed by atoms with Crippen LogP contribution in [0.2, 0.25) is 0 Å². The molecule has 206 valence electrons. The fourth-order valence-electron chi connectivity index (χ4n) is 4.72. The molecule has 1 N–H and O–H groups in total. The van der Waals surface area contributed by atoms with Crippen molar-refractivity contribution < 1.29 is 32.6 Å². The predicted octanol–water partition coefficient (Wildman–Crippen LogP) is 4.93. The van der Waals surface area contributed by atoms with Gasteiger partial charge in [-0.15, -0.1) is 0 Å². The van der Waals surface area contributed by atoms with Crippen LogP contribution in [0.5, 0.6) is 0 Å². The van der Waals surface area contributed by atoms with Gasteiger partial charge in [-0.3, -0.25) is 14.6 Å². The highest BCUT2D eigenvalue weighted by molar-refractivity contribution is 5.97. The number of nitrogens with zero attached hydrogens (tertiary/aromatic N) is 3. The Bertz CT molecular complexity index is 1390. The first-order valence-corrected chi connectivity index (χ1v) is 12.5. The van der Waals surface area contributed by atoms with Gasteiger partial charge in [0.1, 0.15) is 28.8 Å². The third-order valence-corrected chi connectivity index (χ3v) is 7.46. The number of amides is 1. The Balaban J connectivity index is 1.64. The number of pyridine rings is 2. The van der Waals surface area contributed by atoms with E-state index in [1.165, 1.54) is 20.3 Å². The number of rotatable bonds is 6. The lowest BCUT2D eigenvalue weighted by atomic mass is 9.78. The van der Waals surface area contributed by atoms with E-state index in [4.69, 9.17) is 4.74 Å². The van der Waals surface area contributed by atoms with E-state index < -0.39 is 52.1 Å². The van der Waals surface area contributed by atoms with Crippen molar-refractivity contribution >= 4 is 11.7 Å². The van der Waals surface area contributed by atoms with Crippen LogP contribution in [0.1, 0.15) is 65.3 Å². The van der Waals surface area contributed by atoms with Crippen molar-refractivity contribution in [2.24, 2.45) is 5.92 Å². The zero-order valence-electron chi connectivity index (χ0n) is 22.3. The molecule has 1 aromatic carbocycles. The molecule has 2 aromatic heterocycles. The Morgan fingerprint density at radius 2 is 1.77 bits per heavy atom. The van der Waals surface area contributed by atoms with E-state index in [-0.39, 0.29) is 29.7 Å². The number of ether oxygens (including phenoxy) is 1. The van der Waals surface area contributed by atoms with Crippen molar-refractivity contribution in [3.05, 3.63) is 82.6 Å². The monoisotopic (exact) mass is 541 g/mol. The Kier molecular flexibility index (Phi) is 7.90. The minimum absolute atomic E-state index is 0.0755. The van der Waals surface area contributed by atoms with Gasteiger partial charge in [0.15, 0.2) is 5.78 Å². The molecule has 3 aromatic rings. The SMILES string of the molecule is C[C@@H]1C[C@H](c2ccncc2CC(=O)c2ccc(F)c(-c3c(F)cc(C(=O)N(C)C)cc3F)n2)O[C@H](C)[C@@]1(C)O. The second-order valence-corrected chi connectivity index (χ2v) is 10.3. The van der Waals surface area contributed by atoms with Crippen LogP contribution in [0.4, 0.5) is 13.2 Å². The summed E-state index contributed by atoms with van der Waals surface area (Å²) in [6.45, 7) is 5.45. The minimum Gasteiger partial charge on any atom is -0.387 e. The van der Waals surface area contributed by atoms with Crippen LogP contribution in [-0.4, -0.2) is 57.5 Å². The molecule has 0 unspecified atom stereocenters. The van der Waals surface area contributed by atoms with Crippen LogP contribution in [0.3, 0.4) is 0 Å². The van der Waals surface area contributed by atoms with E-state index in [0.29, 0.717) is 12.0 Å². The highest BCUT2D eigenvalue weighted by Gasteiger charge is 2.43. The third-order valence-electron chi connectivity index (χ3n) is 7.46. The van der Waals surface area contributed by atoms with Crippen molar-refractivity contribution in [2.45, 2.75) is 51.4 Å². The van der Waals surface area contributed by atoms with Crippen molar-refractivity contribution in [2.75, 3.05) is 14.1 Å². The molecule has 1 amide bonds. The molecule has 4 rings (SSSR count). The van der Waals surface area contributed by atoms with Crippen molar-refractivity contribution in [1.82, 2.24) is 14.9 Å². The van der Waals surface area contributed by atoms with Crippen LogP contribution >= 0.6 is 0 Å². The fraction of sp³-hybridized carbons (Fsp3) is 0.379. The molecule has 3 heterocycles. The molecule has 0 saturated carbocycles. The van der Waals surface area contributed by atoms with Gasteiger partial charge in [-0.05, 0) is 67.6 Å². The quantitative estimate of drug-likeness (QED) is 0.445. The average molecular weight is 542 g/mol. The van der Waals surface area contributed by atoms with Crippen molar-refractivity contribution in [3.63, 3.8) is 0 Å². The van der Waals surface area contributed by atoms with Crippen LogP contribution in [0.25, 0.3) is 11.3 Å². The Morgan fingerprint density at radius 3 is 2.38 bits per heavy atom. The van der Waals surface area contributed by atoms with Gasteiger partial charge in [-0.2, -0.15) is 0 Å². The number of Topliss-reactive ketones (excluding diaryl/α,β-unsaturated/α-hetero) is 1. The Morgan fingerprint density at radius 1 is 1.10 bits per heavy atom. The largest absolute Gasteiger partial charge is 0.387 e. The van der Waals surface area contributed by atoms with E-state index >= 15 is 0 Å². The van der Waals surface area contributed by atoms with E-state index in [1.54, 1.807) is 26.1 Å². The first-order chi connectivity index (χ1) is 18.3. The summed E-state index contributed by atoms with van der Waals surface area (Å²) in [5.41, 5.74) is -1.60. The van der Waals surface area contributed by atoms with Gasteiger partial charge in [-0.1, -0.05) is 6.92 Å². The predicted molar refractivity (Wildman–Crippen MR) is 138 cm³/mol. The first kappa shape index (κ1) is 28.4. The molecule has 0 aliphatic carbocycles. The standard InChI is InChI=1S/C29H30F3N3O4/c1-15-10-25(39-16(2)29(15,3)38)19-8-9-33-14-18(19)13-24(36)23-7-6-20(30)27(34-23)26-21(31)11-17(12-22(26)32)28(37)35(4)5/h6-9,11-12,14-16,25,38H,10,13H2,1-5H3/t15-,16-,25-,29+/m1/s1. The molecule has 1 saturated heterocycles. The molecular formula is C29H30F3N3O4. The number of carbonyl (C=O) groups is 2. The Hall–Kier alpha value is -3.63. The number of benzene rings is 1. The summed E-state index contributed by atoms with van der Waals surface area (Å²) < 4.78 is 50.6. The number of hydrogen-bond donors (Lipinski definition) is 1. The summed E-state index contributed by atoms with van der Waals surface area (Å²) in [4.78, 5) is 34.6. The lowest BCUT2D eigenvalue weighted by Gasteiger charge is -2.44. The maximum absolute atomic E-state index is 14.9. The smallest absolute Gasteiger partial charge is 0.253 e. The van der Waals surface area contributed by atoms with Crippen molar-refractivity contribution in [3.8, 4) is 11.3 Å². The highest BCUT2D eigenvalue weighted by Crippen LogP contribution is 2.41. The molecule has 0 spiro atoms. The molecule has 4 atom stereocenters. The number of halogens is 3. The molecule has 0 bridgehead atoms. The zero-order chi connectivity index (χ0) is 28.6. The second kappa shape index (κ2) is 10.9. The number of aliphatic hydroxyl groups is 1. The lowest BCUT2D eigenvalue weighted by Crippen LogP contribution is -2.49. The van der Waals surface area contributed by atoms with Gasteiger partial charge in [0, 0.05) is 38.5 Å². The number of hydrogen-bond acceptors (Lipinski definition) is 6. The lowest BCUT2D eigenvalue weighted by molar-refractivity contribution is -0.189. The fourth-order valence-corrected chi connectivity index (χ4v) is 4.72. The van der Waals surface area contributed by atoms with Gasteiger partial charge in [0.25, 0.3) is 5.91 Å². The minimum atomic E-state index is -1.18. The average Bonchev–Trinajstić information content (AvgIpc) is 2.87. The van der Waals surface area contributed by atoms with E-state index in [2.05, 4.69) is 9.97 Å². The normalized spacial score (nSPS) is 22.9. The first-order valence-electron chi connectivity index (χ1n) is 12.5. The van der Waals surface area contributed by atoms with Gasteiger partial charge in [-0.25, -0.2) is 18.2 Å². The maximum atomic E-state index is 14.9. The van der Waals surface area contributed by atoms with Crippen molar-refractivity contribution in [1.29, 1.82) is 0 Å². The summed E-state index contributed by atoms with van der Waals surface area (Å²) in [6.07, 6.45) is 2.63. The van der Waals surface area contributed by atoms with E-state index in [9.17, 15) is 27.9 Å². The topological polar surface area (TPSA) is 92.6 Å². The molecule has 1 aliphatic heterocycles. The molecule has 7 nitrogen and oxygen atoms in total. The van der Waals surface area contributed by atoms with E-state index in [1.807, 2.05) is 6.92 Å². The zero-order valence-corrected chi connectivity index (χ0v) is 22.3. The van der Waals surface area contributed by atoms with Crippen LogP contribution < -0.4 is 0 Å². The summed E-state index contributed by atoms with van der Waals surface area (Å²) in [5, 5.41) is 10.7. The summed E-state index contributed by atoms with van der Waals surface area (Å²) in [6, 6.07) is 5.43. The van der Waals surface area contributed by atoms with Crippen LogP contribution in [0.15, 0.2) is 42.7 Å². The summed E-state index contributed by atoms with van der Waals surface area (Å²) in [7, 11) is 2.86. The highest BCUT2D eigenvalue weighted by atomic mass is 19.1. The van der Waals surface area contributed by atoms with Gasteiger partial charge in [0.05, 0.1) is 23.4 Å². The third kappa shape index (κ3) is 5.58. The summed E-state index contributed by atoms with van der Waals surface area (Å²) in [5.74, 6) is -4.61. The van der Waals surface area contributed by atoms with Crippen LogP contribution in [-0.2, 0) is 11.2 Å². The number of aromatic nitrogens is 2. The number of ketones is 1. The van der Waals surface area contributed by atoms with Gasteiger partial charge >= 0.3 is 0 Å². The van der Waals surface area contributed by atoms with E-state index in [0.717, 1.165) is 34.7 Å². The molecular weight excluding hydrogens is 511 g/mol. The molecule has 1 fully saturated rings. The summed E-state index contributed by atoms with van der Waals surface area (Å²) >= 11 is 0. The molecule has 39 heavy (non-hydrogen) atoms. The van der Waals surface area contributed by atoms with Crippen LogP contribution in [0, 0.1) is 23.4 Å².